The normalized spacial score (nSPS) is 11.6. The molecule has 1 amide bonds. The number of benzene rings is 2. The predicted molar refractivity (Wildman–Crippen MR) is 107 cm³/mol. The second kappa shape index (κ2) is 8.49. The van der Waals surface area contributed by atoms with Crippen LogP contribution in [0.5, 0.6) is 5.75 Å². The zero-order valence-corrected chi connectivity index (χ0v) is 17.2. The standard InChI is InChI=1S/C19H17BrN2O4S/c1-3-26-16(23)11-22-17-14(25-2)9-6-10-15(17)27-19(22)21-18(24)12-7-4-5-8-13(12)20/h4-10H,3,11H2,1-2H3. The lowest BCUT2D eigenvalue weighted by Crippen LogP contribution is -2.23. The van der Waals surface area contributed by atoms with E-state index in [4.69, 9.17) is 9.47 Å². The van der Waals surface area contributed by atoms with Crippen LogP contribution in [0, 0.1) is 0 Å². The van der Waals surface area contributed by atoms with Crippen LogP contribution in [-0.4, -0.2) is 30.2 Å². The first-order valence-corrected chi connectivity index (χ1v) is 9.81. The largest absolute Gasteiger partial charge is 0.495 e. The summed E-state index contributed by atoms with van der Waals surface area (Å²) >= 11 is 4.68. The van der Waals surface area contributed by atoms with Gasteiger partial charge >= 0.3 is 5.97 Å². The molecule has 27 heavy (non-hydrogen) atoms. The van der Waals surface area contributed by atoms with Gasteiger partial charge in [-0.15, -0.1) is 0 Å². The number of aromatic nitrogens is 1. The summed E-state index contributed by atoms with van der Waals surface area (Å²) in [5.41, 5.74) is 1.15. The van der Waals surface area contributed by atoms with E-state index in [9.17, 15) is 9.59 Å². The molecule has 2 aromatic carbocycles. The van der Waals surface area contributed by atoms with Crippen LogP contribution >= 0.6 is 27.3 Å². The highest BCUT2D eigenvalue weighted by atomic mass is 79.9. The molecular formula is C19H17BrN2O4S. The van der Waals surface area contributed by atoms with Gasteiger partial charge in [0, 0.05) is 4.47 Å². The van der Waals surface area contributed by atoms with Gasteiger partial charge in [-0.25, -0.2) is 0 Å². The van der Waals surface area contributed by atoms with Crippen LogP contribution in [0.2, 0.25) is 0 Å². The van der Waals surface area contributed by atoms with E-state index >= 15 is 0 Å². The number of halogens is 1. The van der Waals surface area contributed by atoms with Gasteiger partial charge in [0.15, 0.2) is 4.80 Å². The summed E-state index contributed by atoms with van der Waals surface area (Å²) < 4.78 is 13.7. The summed E-state index contributed by atoms with van der Waals surface area (Å²) in [7, 11) is 1.56. The van der Waals surface area contributed by atoms with Crippen LogP contribution in [0.4, 0.5) is 0 Å². The van der Waals surface area contributed by atoms with E-state index in [2.05, 4.69) is 20.9 Å². The average molecular weight is 449 g/mol. The summed E-state index contributed by atoms with van der Waals surface area (Å²) in [5.74, 6) is -0.202. The number of nitrogens with zero attached hydrogens (tertiary/aromatic N) is 2. The number of esters is 1. The van der Waals surface area contributed by atoms with Crippen molar-refractivity contribution in [2.75, 3.05) is 13.7 Å². The number of ether oxygens (including phenoxy) is 2. The summed E-state index contributed by atoms with van der Waals surface area (Å²) in [4.78, 5) is 29.5. The Labute approximate surface area is 168 Å². The molecule has 140 valence electrons. The van der Waals surface area contributed by atoms with E-state index in [0.29, 0.717) is 26.1 Å². The van der Waals surface area contributed by atoms with Crippen LogP contribution < -0.4 is 9.54 Å². The second-order valence-electron chi connectivity index (χ2n) is 5.48. The van der Waals surface area contributed by atoms with Crippen LogP contribution in [0.15, 0.2) is 51.9 Å². The van der Waals surface area contributed by atoms with E-state index in [-0.39, 0.29) is 13.2 Å². The van der Waals surface area contributed by atoms with Crippen molar-refractivity contribution in [1.82, 2.24) is 4.57 Å². The van der Waals surface area contributed by atoms with Crippen molar-refractivity contribution in [2.24, 2.45) is 4.99 Å². The number of para-hydroxylation sites is 1. The first-order chi connectivity index (χ1) is 13.0. The van der Waals surface area contributed by atoms with Crippen molar-refractivity contribution in [3.8, 4) is 5.75 Å². The van der Waals surface area contributed by atoms with E-state index in [1.165, 1.54) is 11.3 Å². The number of carbonyl (C=O) groups excluding carboxylic acids is 2. The molecule has 0 saturated carbocycles. The summed E-state index contributed by atoms with van der Waals surface area (Å²) in [6.07, 6.45) is 0. The van der Waals surface area contributed by atoms with Crippen molar-refractivity contribution < 1.29 is 19.1 Å². The Bertz CT molecular complexity index is 1070. The van der Waals surface area contributed by atoms with Crippen molar-refractivity contribution >= 4 is 49.4 Å². The molecule has 3 rings (SSSR count). The Hall–Kier alpha value is -2.45. The molecular weight excluding hydrogens is 432 g/mol. The zero-order chi connectivity index (χ0) is 19.4. The van der Waals surface area contributed by atoms with E-state index in [0.717, 1.165) is 4.70 Å². The van der Waals surface area contributed by atoms with Crippen molar-refractivity contribution in [2.45, 2.75) is 13.5 Å². The number of amides is 1. The number of hydrogen-bond donors (Lipinski definition) is 0. The van der Waals surface area contributed by atoms with Gasteiger partial charge in [0.2, 0.25) is 0 Å². The lowest BCUT2D eigenvalue weighted by molar-refractivity contribution is -0.143. The molecule has 0 spiro atoms. The van der Waals surface area contributed by atoms with E-state index in [1.54, 1.807) is 42.9 Å². The van der Waals surface area contributed by atoms with Crippen LogP contribution in [0.3, 0.4) is 0 Å². The van der Waals surface area contributed by atoms with E-state index in [1.807, 2.05) is 18.2 Å². The Morgan fingerprint density at radius 1 is 1.19 bits per heavy atom. The first kappa shape index (κ1) is 19.3. The molecule has 0 N–H and O–H groups in total. The Morgan fingerprint density at radius 3 is 2.67 bits per heavy atom. The van der Waals surface area contributed by atoms with Crippen molar-refractivity contribution in [3.63, 3.8) is 0 Å². The Morgan fingerprint density at radius 2 is 1.96 bits per heavy atom. The molecule has 0 aliphatic heterocycles. The molecule has 0 atom stereocenters. The van der Waals surface area contributed by atoms with Gasteiger partial charge in [0.25, 0.3) is 5.91 Å². The number of hydrogen-bond acceptors (Lipinski definition) is 5. The monoisotopic (exact) mass is 448 g/mol. The van der Waals surface area contributed by atoms with E-state index < -0.39 is 11.9 Å². The third-order valence-electron chi connectivity index (χ3n) is 3.78. The van der Waals surface area contributed by atoms with Crippen LogP contribution in [-0.2, 0) is 16.1 Å². The minimum absolute atomic E-state index is 0.0592. The zero-order valence-electron chi connectivity index (χ0n) is 14.8. The molecule has 3 aromatic rings. The first-order valence-electron chi connectivity index (χ1n) is 8.20. The van der Waals surface area contributed by atoms with Gasteiger partial charge in [-0.05, 0) is 47.1 Å². The maximum absolute atomic E-state index is 12.7. The van der Waals surface area contributed by atoms with Gasteiger partial charge < -0.3 is 14.0 Å². The van der Waals surface area contributed by atoms with Crippen LogP contribution in [0.25, 0.3) is 10.2 Å². The van der Waals surface area contributed by atoms with Crippen LogP contribution in [0.1, 0.15) is 17.3 Å². The Kier molecular flexibility index (Phi) is 6.08. The third kappa shape index (κ3) is 4.12. The third-order valence-corrected chi connectivity index (χ3v) is 5.51. The van der Waals surface area contributed by atoms with Gasteiger partial charge in [-0.3, -0.25) is 9.59 Å². The SMILES string of the molecule is CCOC(=O)Cn1c(=NC(=O)c2ccccc2Br)sc2cccc(OC)c21. The fourth-order valence-corrected chi connectivity index (χ4v) is 4.11. The average Bonchev–Trinajstić information content (AvgIpc) is 2.99. The topological polar surface area (TPSA) is 69.9 Å². The molecule has 1 heterocycles. The highest BCUT2D eigenvalue weighted by Gasteiger charge is 2.16. The van der Waals surface area contributed by atoms with Gasteiger partial charge in [0.1, 0.15) is 17.8 Å². The fraction of sp³-hybridized carbons (Fsp3) is 0.211. The number of methoxy groups -OCH3 is 1. The number of rotatable bonds is 5. The molecule has 1 aromatic heterocycles. The maximum Gasteiger partial charge on any atom is 0.326 e. The van der Waals surface area contributed by atoms with Crippen molar-refractivity contribution in [1.29, 1.82) is 0 Å². The highest BCUT2D eigenvalue weighted by Crippen LogP contribution is 2.27. The molecule has 0 bridgehead atoms. The molecule has 0 aliphatic rings. The summed E-state index contributed by atoms with van der Waals surface area (Å²) in [6.45, 7) is 1.97. The quantitative estimate of drug-likeness (QED) is 0.556. The number of fused-ring (bicyclic) bond motifs is 1. The molecule has 0 fully saturated rings. The minimum atomic E-state index is -0.405. The molecule has 0 unspecified atom stereocenters. The number of carbonyl (C=O) groups is 2. The van der Waals surface area contributed by atoms with Gasteiger partial charge in [0.05, 0.1) is 24.0 Å². The summed E-state index contributed by atoms with van der Waals surface area (Å²) in [5, 5.41) is 0. The second-order valence-corrected chi connectivity index (χ2v) is 7.34. The molecule has 0 saturated heterocycles. The Balaban J connectivity index is 2.18. The highest BCUT2D eigenvalue weighted by molar-refractivity contribution is 9.10. The molecule has 8 heteroatoms. The fourth-order valence-electron chi connectivity index (χ4n) is 2.61. The molecule has 6 nitrogen and oxygen atoms in total. The van der Waals surface area contributed by atoms with Gasteiger partial charge in [-0.2, -0.15) is 4.99 Å². The lowest BCUT2D eigenvalue weighted by atomic mass is 10.2. The molecule has 0 radical (unpaired) electrons. The molecule has 0 aliphatic carbocycles. The predicted octanol–water partition coefficient (Wildman–Crippen LogP) is 3.78. The number of thiazole rings is 1. The van der Waals surface area contributed by atoms with Crippen molar-refractivity contribution in [3.05, 3.63) is 57.3 Å². The van der Waals surface area contributed by atoms with Gasteiger partial charge in [-0.1, -0.05) is 29.5 Å². The lowest BCUT2D eigenvalue weighted by Gasteiger charge is -2.08. The maximum atomic E-state index is 12.7. The smallest absolute Gasteiger partial charge is 0.326 e. The minimum Gasteiger partial charge on any atom is -0.495 e. The summed E-state index contributed by atoms with van der Waals surface area (Å²) in [6, 6.07) is 12.6.